The summed E-state index contributed by atoms with van der Waals surface area (Å²) in [4.78, 5) is 40.3. The van der Waals surface area contributed by atoms with Crippen LogP contribution in [0.4, 0.5) is 0 Å². The van der Waals surface area contributed by atoms with E-state index in [1.54, 1.807) is 6.92 Å². The maximum absolute atomic E-state index is 12.8. The Balaban J connectivity index is 1.59. The molecule has 0 bridgehead atoms. The molecule has 6 nitrogen and oxygen atoms in total. The molecule has 0 radical (unpaired) electrons. The normalized spacial score (nSPS) is 26.4. The standard InChI is InChI=1S/C22H31NO5SSi/c1-14-17-16(12-13-27-30(5,6)22(2,3)4)20(25)23(17)18(19(14)24)21(26)28-29-15-10-8-7-9-11-15/h7-11,14,16-18H,12-13H2,1-6H3/t14-,16+,17-,18?/m1/s1. The number of benzene rings is 1. The molecule has 1 aromatic carbocycles. The van der Waals surface area contributed by atoms with E-state index in [4.69, 9.17) is 8.61 Å². The molecule has 8 heteroatoms. The van der Waals surface area contributed by atoms with Crippen molar-refractivity contribution in [1.82, 2.24) is 4.90 Å². The summed E-state index contributed by atoms with van der Waals surface area (Å²) < 4.78 is 11.5. The minimum atomic E-state index is -1.89. The highest BCUT2D eigenvalue weighted by Crippen LogP contribution is 2.44. The van der Waals surface area contributed by atoms with Gasteiger partial charge in [0, 0.05) is 17.4 Å². The SMILES string of the molecule is C[C@H]1C(=O)C(C(=O)OSc2ccccc2)N2C(=O)[C@@H](CCO[Si](C)(C)C(C)(C)C)[C@@H]12. The van der Waals surface area contributed by atoms with Crippen molar-refractivity contribution in [3.05, 3.63) is 30.3 Å². The minimum absolute atomic E-state index is 0.102. The van der Waals surface area contributed by atoms with Crippen molar-refractivity contribution in [2.45, 2.75) is 69.2 Å². The molecule has 2 saturated heterocycles. The minimum Gasteiger partial charge on any atom is -0.417 e. The summed E-state index contributed by atoms with van der Waals surface area (Å²) in [6.07, 6.45) is 0.574. The molecule has 2 aliphatic heterocycles. The maximum Gasteiger partial charge on any atom is 0.349 e. The van der Waals surface area contributed by atoms with Gasteiger partial charge in [0.05, 0.1) is 24.0 Å². The Hall–Kier alpha value is -1.64. The summed E-state index contributed by atoms with van der Waals surface area (Å²) >= 11 is 0.912. The lowest BCUT2D eigenvalue weighted by atomic mass is 9.81. The second-order valence-corrected chi connectivity index (χ2v) is 15.2. The van der Waals surface area contributed by atoms with Gasteiger partial charge in [-0.3, -0.25) is 9.59 Å². The van der Waals surface area contributed by atoms with Crippen LogP contribution in [0.15, 0.2) is 35.2 Å². The highest BCUT2D eigenvalue weighted by molar-refractivity contribution is 7.95. The van der Waals surface area contributed by atoms with Crippen molar-refractivity contribution < 1.29 is 23.0 Å². The Kier molecular flexibility index (Phi) is 6.50. The lowest BCUT2D eigenvalue weighted by Crippen LogP contribution is -2.63. The number of fused-ring (bicyclic) bond motifs is 1. The third kappa shape index (κ3) is 4.22. The molecule has 1 amide bonds. The first-order valence-electron chi connectivity index (χ1n) is 10.4. The molecule has 0 spiro atoms. The van der Waals surface area contributed by atoms with E-state index in [2.05, 4.69) is 33.9 Å². The Morgan fingerprint density at radius 1 is 1.17 bits per heavy atom. The smallest absolute Gasteiger partial charge is 0.349 e. The van der Waals surface area contributed by atoms with Gasteiger partial charge >= 0.3 is 5.97 Å². The molecule has 0 aliphatic carbocycles. The molecule has 1 aromatic rings. The van der Waals surface area contributed by atoms with Crippen LogP contribution in [-0.4, -0.2) is 49.6 Å². The first-order valence-corrected chi connectivity index (χ1v) is 14.0. The molecule has 2 aliphatic rings. The largest absolute Gasteiger partial charge is 0.417 e. The number of carbonyl (C=O) groups is 3. The van der Waals surface area contributed by atoms with Gasteiger partial charge in [-0.25, -0.2) is 4.79 Å². The average molecular weight is 450 g/mol. The molecule has 164 valence electrons. The Labute approximate surface area is 184 Å². The van der Waals surface area contributed by atoms with E-state index in [0.717, 1.165) is 16.9 Å². The van der Waals surface area contributed by atoms with Crippen molar-refractivity contribution in [1.29, 1.82) is 0 Å². The fraction of sp³-hybridized carbons (Fsp3) is 0.591. The molecule has 0 saturated carbocycles. The lowest BCUT2D eigenvalue weighted by Gasteiger charge is -2.45. The van der Waals surface area contributed by atoms with Crippen LogP contribution in [0.2, 0.25) is 18.1 Å². The van der Waals surface area contributed by atoms with Crippen LogP contribution in [0.25, 0.3) is 0 Å². The summed E-state index contributed by atoms with van der Waals surface area (Å²) in [6, 6.07) is 7.79. The van der Waals surface area contributed by atoms with E-state index in [9.17, 15) is 14.4 Å². The third-order valence-corrected chi connectivity index (χ3v) is 11.9. The second-order valence-electron chi connectivity index (χ2n) is 9.63. The summed E-state index contributed by atoms with van der Waals surface area (Å²) in [7, 11) is -1.89. The van der Waals surface area contributed by atoms with E-state index in [1.165, 1.54) is 4.90 Å². The van der Waals surface area contributed by atoms with Gasteiger partial charge in [0.2, 0.25) is 5.91 Å². The van der Waals surface area contributed by atoms with Crippen LogP contribution in [0.1, 0.15) is 34.1 Å². The van der Waals surface area contributed by atoms with Crippen molar-refractivity contribution in [3.63, 3.8) is 0 Å². The molecule has 1 unspecified atom stereocenters. The van der Waals surface area contributed by atoms with E-state index in [-0.39, 0.29) is 34.6 Å². The van der Waals surface area contributed by atoms with Crippen LogP contribution in [0.5, 0.6) is 0 Å². The van der Waals surface area contributed by atoms with Gasteiger partial charge in [0.15, 0.2) is 20.1 Å². The van der Waals surface area contributed by atoms with Gasteiger partial charge in [0.25, 0.3) is 0 Å². The third-order valence-electron chi connectivity index (χ3n) is 6.70. The highest BCUT2D eigenvalue weighted by Gasteiger charge is 2.63. The average Bonchev–Trinajstić information content (AvgIpc) is 2.91. The van der Waals surface area contributed by atoms with Gasteiger partial charge in [-0.05, 0) is 36.7 Å². The number of hydrogen-bond donors (Lipinski definition) is 0. The van der Waals surface area contributed by atoms with Gasteiger partial charge in [0.1, 0.15) is 0 Å². The monoisotopic (exact) mass is 449 g/mol. The predicted octanol–water partition coefficient (Wildman–Crippen LogP) is 4.06. The van der Waals surface area contributed by atoms with Crippen molar-refractivity contribution in [2.75, 3.05) is 6.61 Å². The maximum atomic E-state index is 12.8. The highest BCUT2D eigenvalue weighted by atomic mass is 32.2. The van der Waals surface area contributed by atoms with Crippen LogP contribution >= 0.6 is 12.0 Å². The number of rotatable bonds is 7. The number of nitrogens with zero attached hydrogens (tertiary/aromatic N) is 1. The first-order chi connectivity index (χ1) is 14.0. The quantitative estimate of drug-likeness (QED) is 0.270. The Bertz CT molecular complexity index is 823. The number of hydrogen-bond acceptors (Lipinski definition) is 6. The van der Waals surface area contributed by atoms with E-state index in [0.29, 0.717) is 13.0 Å². The summed E-state index contributed by atoms with van der Waals surface area (Å²) in [5, 5.41) is 0.102. The van der Waals surface area contributed by atoms with Gasteiger partial charge in [-0.2, -0.15) is 0 Å². The predicted molar refractivity (Wildman–Crippen MR) is 118 cm³/mol. The summed E-state index contributed by atoms with van der Waals surface area (Å²) in [5.74, 6) is -1.70. The van der Waals surface area contributed by atoms with Crippen LogP contribution in [0.3, 0.4) is 0 Å². The number of carbonyl (C=O) groups excluding carboxylic acids is 3. The Morgan fingerprint density at radius 2 is 1.80 bits per heavy atom. The van der Waals surface area contributed by atoms with Crippen LogP contribution in [-0.2, 0) is 23.0 Å². The van der Waals surface area contributed by atoms with Crippen molar-refractivity contribution in [2.24, 2.45) is 11.8 Å². The van der Waals surface area contributed by atoms with Crippen LogP contribution < -0.4 is 0 Å². The molecule has 0 N–H and O–H groups in total. The molecular formula is C22H31NO5SSi. The molecule has 4 atom stereocenters. The van der Waals surface area contributed by atoms with E-state index in [1.807, 2.05) is 30.3 Å². The fourth-order valence-corrected chi connectivity index (χ4v) is 5.43. The zero-order valence-corrected chi connectivity index (χ0v) is 20.3. The molecular weight excluding hydrogens is 418 g/mol. The summed E-state index contributed by atoms with van der Waals surface area (Å²) in [5.41, 5.74) is 0. The molecule has 30 heavy (non-hydrogen) atoms. The molecule has 2 fully saturated rings. The van der Waals surface area contributed by atoms with Crippen molar-refractivity contribution in [3.8, 4) is 0 Å². The number of β-lactam (4-membered cyclic amide) rings is 1. The first kappa shape index (κ1) is 23.0. The van der Waals surface area contributed by atoms with Gasteiger partial charge in [-0.15, -0.1) is 0 Å². The topological polar surface area (TPSA) is 72.9 Å². The number of amides is 1. The fourth-order valence-electron chi connectivity index (χ4n) is 3.83. The molecule has 2 heterocycles. The second kappa shape index (κ2) is 8.47. The number of Topliss-reactive ketones (excluding diaryl/α,β-unsaturated/α-hetero) is 1. The van der Waals surface area contributed by atoms with Crippen LogP contribution in [0, 0.1) is 11.8 Å². The molecule has 0 aromatic heterocycles. The van der Waals surface area contributed by atoms with Gasteiger partial charge in [-0.1, -0.05) is 45.9 Å². The number of ketones is 1. The molecule has 3 rings (SSSR count). The zero-order valence-electron chi connectivity index (χ0n) is 18.5. The summed E-state index contributed by atoms with van der Waals surface area (Å²) in [6.45, 7) is 13.2. The van der Waals surface area contributed by atoms with E-state index >= 15 is 0 Å². The van der Waals surface area contributed by atoms with Crippen molar-refractivity contribution >= 4 is 38.0 Å². The Morgan fingerprint density at radius 3 is 2.40 bits per heavy atom. The van der Waals surface area contributed by atoms with E-state index < -0.39 is 20.3 Å². The lowest BCUT2D eigenvalue weighted by molar-refractivity contribution is -0.164. The van der Waals surface area contributed by atoms with Gasteiger partial charge < -0.3 is 13.5 Å². The zero-order chi connectivity index (χ0) is 22.3.